The highest BCUT2D eigenvalue weighted by molar-refractivity contribution is 5.49. The summed E-state index contributed by atoms with van der Waals surface area (Å²) in [5.74, 6) is -0.364. The second-order valence-corrected chi connectivity index (χ2v) is 7.76. The standard InChI is InChI=1S/C26H23FN2O3/c1-16-11-13-18(14-12-16)23(28-17(2)19-7-6-8-20(27)15-19)22-24(30)25(31)26(22)32-29-21-9-4-3-5-10-21/h3-15,17,23,28-29H,1-2H3/t17-,23?/m1/s1. The molecule has 1 unspecified atom stereocenters. The van der Waals surface area contributed by atoms with Crippen molar-refractivity contribution in [3.8, 4) is 5.75 Å². The molecule has 0 radical (unpaired) electrons. The lowest BCUT2D eigenvalue weighted by atomic mass is 9.92. The van der Waals surface area contributed by atoms with E-state index in [0.717, 1.165) is 16.7 Å². The zero-order valence-electron chi connectivity index (χ0n) is 17.8. The number of halogens is 1. The van der Waals surface area contributed by atoms with Crippen LogP contribution in [0.2, 0.25) is 0 Å². The third-order valence-corrected chi connectivity index (χ3v) is 5.41. The van der Waals surface area contributed by atoms with Gasteiger partial charge in [0.2, 0.25) is 11.2 Å². The highest BCUT2D eigenvalue weighted by Gasteiger charge is 2.32. The van der Waals surface area contributed by atoms with Crippen LogP contribution in [0.3, 0.4) is 0 Å². The van der Waals surface area contributed by atoms with Gasteiger partial charge in [-0.1, -0.05) is 60.2 Å². The van der Waals surface area contributed by atoms with Crippen LogP contribution in [-0.4, -0.2) is 0 Å². The Kier molecular flexibility index (Phi) is 6.14. The Morgan fingerprint density at radius 3 is 2.25 bits per heavy atom. The molecule has 0 heterocycles. The Labute approximate surface area is 185 Å². The summed E-state index contributed by atoms with van der Waals surface area (Å²) in [5.41, 5.74) is 4.94. The first kappa shape index (κ1) is 21.5. The van der Waals surface area contributed by atoms with Gasteiger partial charge in [-0.15, -0.1) is 0 Å². The van der Waals surface area contributed by atoms with Crippen LogP contribution in [0.4, 0.5) is 10.1 Å². The van der Waals surface area contributed by atoms with E-state index in [1.54, 1.807) is 18.2 Å². The maximum atomic E-state index is 13.7. The molecule has 4 aromatic rings. The third kappa shape index (κ3) is 4.45. The van der Waals surface area contributed by atoms with Crippen molar-refractivity contribution in [2.75, 3.05) is 5.48 Å². The van der Waals surface area contributed by atoms with E-state index in [2.05, 4.69) is 10.8 Å². The van der Waals surface area contributed by atoms with Crippen LogP contribution in [0.5, 0.6) is 5.75 Å². The fourth-order valence-electron chi connectivity index (χ4n) is 3.60. The number of hydrogen-bond acceptors (Lipinski definition) is 5. The average molecular weight is 430 g/mol. The molecule has 0 spiro atoms. The minimum Gasteiger partial charge on any atom is -0.377 e. The van der Waals surface area contributed by atoms with Gasteiger partial charge in [0.15, 0.2) is 0 Å². The van der Waals surface area contributed by atoms with E-state index in [1.807, 2.05) is 62.4 Å². The number of rotatable bonds is 8. The lowest BCUT2D eigenvalue weighted by molar-refractivity contribution is 0.379. The topological polar surface area (TPSA) is 67.4 Å². The summed E-state index contributed by atoms with van der Waals surface area (Å²) < 4.78 is 13.7. The molecule has 0 aliphatic heterocycles. The van der Waals surface area contributed by atoms with Crippen LogP contribution in [0, 0.1) is 12.7 Å². The zero-order valence-corrected chi connectivity index (χ0v) is 17.8. The Bertz CT molecular complexity index is 1280. The second-order valence-electron chi connectivity index (χ2n) is 7.76. The van der Waals surface area contributed by atoms with Crippen molar-refractivity contribution in [1.29, 1.82) is 0 Å². The number of anilines is 1. The maximum absolute atomic E-state index is 13.7. The van der Waals surface area contributed by atoms with E-state index < -0.39 is 16.9 Å². The minimum atomic E-state index is -0.680. The molecule has 0 amide bonds. The molecular formula is C26H23FN2O3. The van der Waals surface area contributed by atoms with Crippen molar-refractivity contribution in [3.05, 3.63) is 127 Å². The predicted octanol–water partition coefficient (Wildman–Crippen LogP) is 4.58. The molecule has 0 saturated carbocycles. The van der Waals surface area contributed by atoms with Crippen LogP contribution >= 0.6 is 0 Å². The fraction of sp³-hybridized carbons (Fsp3) is 0.154. The van der Waals surface area contributed by atoms with Crippen molar-refractivity contribution in [2.45, 2.75) is 25.9 Å². The summed E-state index contributed by atoms with van der Waals surface area (Å²) in [7, 11) is 0. The molecule has 6 heteroatoms. The summed E-state index contributed by atoms with van der Waals surface area (Å²) >= 11 is 0. The quantitative estimate of drug-likeness (QED) is 0.317. The predicted molar refractivity (Wildman–Crippen MR) is 123 cm³/mol. The van der Waals surface area contributed by atoms with Gasteiger partial charge in [0, 0.05) is 6.04 Å². The van der Waals surface area contributed by atoms with Crippen molar-refractivity contribution in [3.63, 3.8) is 0 Å². The van der Waals surface area contributed by atoms with E-state index in [4.69, 9.17) is 4.84 Å². The molecular weight excluding hydrogens is 407 g/mol. The summed E-state index contributed by atoms with van der Waals surface area (Å²) in [6, 6.07) is 22.1. The molecule has 162 valence electrons. The number of aryl methyl sites for hydroxylation is 1. The minimum absolute atomic E-state index is 0.0247. The third-order valence-electron chi connectivity index (χ3n) is 5.41. The van der Waals surface area contributed by atoms with E-state index in [1.165, 1.54) is 12.1 Å². The Balaban J connectivity index is 1.67. The first-order valence-corrected chi connectivity index (χ1v) is 10.3. The van der Waals surface area contributed by atoms with E-state index in [9.17, 15) is 14.0 Å². The van der Waals surface area contributed by atoms with E-state index in [0.29, 0.717) is 5.69 Å². The van der Waals surface area contributed by atoms with Crippen LogP contribution in [0.1, 0.15) is 41.3 Å². The normalized spacial score (nSPS) is 13.0. The average Bonchev–Trinajstić information content (AvgIpc) is 2.81. The van der Waals surface area contributed by atoms with Gasteiger partial charge in [-0.3, -0.25) is 14.9 Å². The summed E-state index contributed by atoms with van der Waals surface area (Å²) in [5, 5.41) is 3.37. The molecule has 0 aliphatic rings. The van der Waals surface area contributed by atoms with Gasteiger partial charge >= 0.3 is 0 Å². The summed E-state index contributed by atoms with van der Waals surface area (Å²) in [6.45, 7) is 3.85. The van der Waals surface area contributed by atoms with Crippen molar-refractivity contribution >= 4 is 5.69 Å². The SMILES string of the molecule is Cc1ccc(C(N[C@H](C)c2cccc(F)c2)c2c(ONc3ccccc3)c(=O)c2=O)cc1. The molecule has 0 aliphatic carbocycles. The highest BCUT2D eigenvalue weighted by Crippen LogP contribution is 2.30. The van der Waals surface area contributed by atoms with Crippen molar-refractivity contribution < 1.29 is 9.23 Å². The van der Waals surface area contributed by atoms with Crippen LogP contribution in [0.25, 0.3) is 0 Å². The number of hydrogen-bond donors (Lipinski definition) is 2. The smallest absolute Gasteiger partial charge is 0.271 e. The molecule has 5 nitrogen and oxygen atoms in total. The number of para-hydroxylation sites is 1. The van der Waals surface area contributed by atoms with Crippen molar-refractivity contribution in [2.24, 2.45) is 0 Å². The van der Waals surface area contributed by atoms with Gasteiger partial charge in [-0.05, 0) is 49.2 Å². The van der Waals surface area contributed by atoms with Crippen LogP contribution < -0.4 is 26.5 Å². The maximum Gasteiger partial charge on any atom is 0.271 e. The second kappa shape index (κ2) is 9.16. The largest absolute Gasteiger partial charge is 0.377 e. The molecule has 4 rings (SSSR count). The molecule has 4 aromatic carbocycles. The molecule has 32 heavy (non-hydrogen) atoms. The van der Waals surface area contributed by atoms with Gasteiger partial charge < -0.3 is 4.84 Å². The molecule has 0 fully saturated rings. The van der Waals surface area contributed by atoms with Gasteiger partial charge in [0.05, 0.1) is 17.3 Å². The van der Waals surface area contributed by atoms with Crippen LogP contribution in [0.15, 0.2) is 88.5 Å². The van der Waals surface area contributed by atoms with E-state index in [-0.39, 0.29) is 23.2 Å². The van der Waals surface area contributed by atoms with E-state index >= 15 is 0 Å². The fourth-order valence-corrected chi connectivity index (χ4v) is 3.60. The number of nitrogens with one attached hydrogen (secondary N) is 2. The first-order valence-electron chi connectivity index (χ1n) is 10.3. The Hall–Kier alpha value is -3.77. The monoisotopic (exact) mass is 430 g/mol. The first-order chi connectivity index (χ1) is 15.4. The molecule has 0 bridgehead atoms. The lowest BCUT2D eigenvalue weighted by Crippen LogP contribution is -2.43. The van der Waals surface area contributed by atoms with Gasteiger partial charge in [-0.2, -0.15) is 0 Å². The summed E-state index contributed by atoms with van der Waals surface area (Å²) in [4.78, 5) is 30.5. The molecule has 0 saturated heterocycles. The van der Waals surface area contributed by atoms with Crippen LogP contribution in [-0.2, 0) is 0 Å². The van der Waals surface area contributed by atoms with Gasteiger partial charge in [-0.25, -0.2) is 9.87 Å². The number of benzene rings is 3. The Morgan fingerprint density at radius 2 is 1.56 bits per heavy atom. The van der Waals surface area contributed by atoms with Gasteiger partial charge in [0.25, 0.3) is 5.43 Å². The van der Waals surface area contributed by atoms with Gasteiger partial charge in [0.1, 0.15) is 5.82 Å². The molecule has 0 aromatic heterocycles. The molecule has 2 N–H and O–H groups in total. The van der Waals surface area contributed by atoms with Crippen molar-refractivity contribution in [1.82, 2.24) is 5.32 Å². The lowest BCUT2D eigenvalue weighted by Gasteiger charge is -2.26. The summed E-state index contributed by atoms with van der Waals surface area (Å²) in [6.07, 6.45) is 0. The zero-order chi connectivity index (χ0) is 22.7. The highest BCUT2D eigenvalue weighted by atomic mass is 19.1. The Morgan fingerprint density at radius 1 is 0.844 bits per heavy atom. The molecule has 2 atom stereocenters.